The number of nitrogens with one attached hydrogen (secondary N) is 1. The summed E-state index contributed by atoms with van der Waals surface area (Å²) in [6, 6.07) is 6.65. The summed E-state index contributed by atoms with van der Waals surface area (Å²) < 4.78 is 6.38. The molecule has 0 atom stereocenters. The van der Waals surface area contributed by atoms with E-state index in [1.54, 1.807) is 7.11 Å². The summed E-state index contributed by atoms with van der Waals surface area (Å²) in [7, 11) is 1.70. The first-order chi connectivity index (χ1) is 8.50. The van der Waals surface area contributed by atoms with Crippen LogP contribution in [-0.4, -0.2) is 13.2 Å². The Kier molecular flexibility index (Phi) is 4.21. The number of benzene rings is 1. The van der Waals surface area contributed by atoms with E-state index < -0.39 is 0 Å². The molecule has 1 saturated carbocycles. The number of ether oxygens (including phenoxy) is 1. The Balaban J connectivity index is 2.01. The second-order valence-corrected chi connectivity index (χ2v) is 6.78. The highest BCUT2D eigenvalue weighted by atomic mass is 79.9. The first-order valence-electron chi connectivity index (χ1n) is 6.60. The minimum Gasteiger partial charge on any atom is -0.497 e. The number of anilines is 1. The van der Waals surface area contributed by atoms with Gasteiger partial charge in [0.25, 0.3) is 0 Å². The second kappa shape index (κ2) is 5.52. The Bertz CT molecular complexity index is 407. The second-order valence-electron chi connectivity index (χ2n) is 5.93. The number of methoxy groups -OCH3 is 1. The van der Waals surface area contributed by atoms with Gasteiger partial charge in [-0.1, -0.05) is 13.8 Å². The van der Waals surface area contributed by atoms with Crippen molar-refractivity contribution in [3.8, 4) is 5.75 Å². The molecule has 1 fully saturated rings. The number of rotatable bonds is 3. The minimum atomic E-state index is 0.518. The molecule has 0 saturated heterocycles. The van der Waals surface area contributed by atoms with Gasteiger partial charge in [0.15, 0.2) is 0 Å². The predicted molar refractivity (Wildman–Crippen MR) is 80.4 cm³/mol. The third-order valence-corrected chi connectivity index (χ3v) is 4.56. The highest BCUT2D eigenvalue weighted by molar-refractivity contribution is 9.10. The summed E-state index contributed by atoms with van der Waals surface area (Å²) >= 11 is 3.59. The Morgan fingerprint density at radius 3 is 2.56 bits per heavy atom. The maximum atomic E-state index is 5.27. The molecule has 1 aliphatic rings. The summed E-state index contributed by atoms with van der Waals surface area (Å²) in [5.74, 6) is 0.900. The van der Waals surface area contributed by atoms with Crippen LogP contribution in [0.1, 0.15) is 39.5 Å². The van der Waals surface area contributed by atoms with Gasteiger partial charge < -0.3 is 10.1 Å². The van der Waals surface area contributed by atoms with Crippen molar-refractivity contribution in [3.05, 3.63) is 22.7 Å². The molecule has 0 heterocycles. The van der Waals surface area contributed by atoms with Crippen LogP contribution in [0.25, 0.3) is 0 Å². The van der Waals surface area contributed by atoms with E-state index >= 15 is 0 Å². The van der Waals surface area contributed by atoms with Gasteiger partial charge in [-0.15, -0.1) is 0 Å². The minimum absolute atomic E-state index is 0.518. The summed E-state index contributed by atoms with van der Waals surface area (Å²) in [6.07, 6.45) is 5.09. The van der Waals surface area contributed by atoms with Crippen molar-refractivity contribution in [1.82, 2.24) is 0 Å². The molecular weight excluding hydrogens is 290 g/mol. The fourth-order valence-corrected chi connectivity index (χ4v) is 2.87. The van der Waals surface area contributed by atoms with Crippen LogP contribution in [0.5, 0.6) is 5.75 Å². The van der Waals surface area contributed by atoms with Crippen LogP contribution >= 0.6 is 15.9 Å². The SMILES string of the molecule is COc1ccc(Br)c(NC2CCC(C)(C)CC2)c1. The van der Waals surface area contributed by atoms with E-state index in [9.17, 15) is 0 Å². The van der Waals surface area contributed by atoms with Gasteiger partial charge in [0.05, 0.1) is 12.8 Å². The van der Waals surface area contributed by atoms with Crippen molar-refractivity contribution in [1.29, 1.82) is 0 Å². The largest absolute Gasteiger partial charge is 0.497 e. The lowest BCUT2D eigenvalue weighted by atomic mass is 9.75. The van der Waals surface area contributed by atoms with Crippen LogP contribution in [0.4, 0.5) is 5.69 Å². The maximum absolute atomic E-state index is 5.27. The van der Waals surface area contributed by atoms with Gasteiger partial charge in [-0.2, -0.15) is 0 Å². The van der Waals surface area contributed by atoms with E-state index in [1.165, 1.54) is 25.7 Å². The average molecular weight is 312 g/mol. The van der Waals surface area contributed by atoms with E-state index in [0.29, 0.717) is 11.5 Å². The lowest BCUT2D eigenvalue weighted by molar-refractivity contribution is 0.232. The third kappa shape index (κ3) is 3.41. The quantitative estimate of drug-likeness (QED) is 0.862. The standard InChI is InChI=1S/C15H22BrNO/c1-15(2)8-6-11(7-9-15)17-14-10-12(18-3)4-5-13(14)16/h4-5,10-11,17H,6-9H2,1-3H3. The Morgan fingerprint density at radius 1 is 1.28 bits per heavy atom. The van der Waals surface area contributed by atoms with Crippen molar-refractivity contribution in [2.45, 2.75) is 45.6 Å². The zero-order valence-electron chi connectivity index (χ0n) is 11.4. The highest BCUT2D eigenvalue weighted by Gasteiger charge is 2.26. The lowest BCUT2D eigenvalue weighted by Gasteiger charge is -2.35. The lowest BCUT2D eigenvalue weighted by Crippen LogP contribution is -2.29. The zero-order valence-corrected chi connectivity index (χ0v) is 13.0. The summed E-state index contributed by atoms with van der Waals surface area (Å²) in [4.78, 5) is 0. The van der Waals surface area contributed by atoms with Crippen molar-refractivity contribution >= 4 is 21.6 Å². The highest BCUT2D eigenvalue weighted by Crippen LogP contribution is 2.37. The molecule has 3 heteroatoms. The topological polar surface area (TPSA) is 21.3 Å². The molecule has 0 radical (unpaired) electrons. The van der Waals surface area contributed by atoms with Gasteiger partial charge in [-0.05, 0) is 59.2 Å². The van der Waals surface area contributed by atoms with Gasteiger partial charge in [-0.25, -0.2) is 0 Å². The third-order valence-electron chi connectivity index (χ3n) is 3.87. The molecule has 0 unspecified atom stereocenters. The van der Waals surface area contributed by atoms with Crippen LogP contribution in [0.2, 0.25) is 0 Å². The fourth-order valence-electron chi connectivity index (χ4n) is 2.51. The van der Waals surface area contributed by atoms with E-state index in [1.807, 2.05) is 12.1 Å². The van der Waals surface area contributed by atoms with Crippen LogP contribution < -0.4 is 10.1 Å². The molecule has 0 aliphatic heterocycles. The van der Waals surface area contributed by atoms with Gasteiger partial charge in [0, 0.05) is 16.6 Å². The van der Waals surface area contributed by atoms with Gasteiger partial charge >= 0.3 is 0 Å². The number of halogens is 1. The summed E-state index contributed by atoms with van der Waals surface area (Å²) in [5.41, 5.74) is 1.66. The Hall–Kier alpha value is -0.700. The van der Waals surface area contributed by atoms with Crippen LogP contribution in [0.3, 0.4) is 0 Å². The van der Waals surface area contributed by atoms with Crippen LogP contribution in [0.15, 0.2) is 22.7 Å². The molecule has 1 aliphatic carbocycles. The molecule has 0 spiro atoms. The van der Waals surface area contributed by atoms with Gasteiger partial charge in [0.1, 0.15) is 5.75 Å². The van der Waals surface area contributed by atoms with Crippen molar-refractivity contribution in [3.63, 3.8) is 0 Å². The zero-order chi connectivity index (χ0) is 13.2. The molecule has 1 N–H and O–H groups in total. The molecular formula is C15H22BrNO. The summed E-state index contributed by atoms with van der Waals surface area (Å²) in [6.45, 7) is 4.73. The number of hydrogen-bond donors (Lipinski definition) is 1. The molecule has 1 aromatic rings. The molecule has 0 bridgehead atoms. The van der Waals surface area contributed by atoms with E-state index in [0.717, 1.165) is 15.9 Å². The fraction of sp³-hybridized carbons (Fsp3) is 0.600. The normalized spacial score (nSPS) is 19.6. The monoisotopic (exact) mass is 311 g/mol. The van der Waals surface area contributed by atoms with Crippen LogP contribution in [-0.2, 0) is 0 Å². The molecule has 1 aromatic carbocycles. The first kappa shape index (κ1) is 13.7. The Labute approximate surface area is 118 Å². The van der Waals surface area contributed by atoms with E-state index in [4.69, 9.17) is 4.74 Å². The molecule has 100 valence electrons. The molecule has 18 heavy (non-hydrogen) atoms. The Morgan fingerprint density at radius 2 is 1.94 bits per heavy atom. The smallest absolute Gasteiger partial charge is 0.121 e. The predicted octanol–water partition coefficient (Wildman–Crippen LogP) is 4.84. The molecule has 2 nitrogen and oxygen atoms in total. The van der Waals surface area contributed by atoms with Crippen molar-refractivity contribution < 1.29 is 4.74 Å². The van der Waals surface area contributed by atoms with Crippen molar-refractivity contribution in [2.75, 3.05) is 12.4 Å². The van der Waals surface area contributed by atoms with E-state index in [-0.39, 0.29) is 0 Å². The molecule has 0 aromatic heterocycles. The van der Waals surface area contributed by atoms with Crippen LogP contribution in [0, 0.1) is 5.41 Å². The average Bonchev–Trinajstić information content (AvgIpc) is 2.34. The number of hydrogen-bond acceptors (Lipinski definition) is 2. The van der Waals surface area contributed by atoms with Gasteiger partial charge in [0.2, 0.25) is 0 Å². The maximum Gasteiger partial charge on any atom is 0.121 e. The van der Waals surface area contributed by atoms with Gasteiger partial charge in [-0.3, -0.25) is 0 Å². The molecule has 0 amide bonds. The van der Waals surface area contributed by atoms with Crippen molar-refractivity contribution in [2.24, 2.45) is 5.41 Å². The first-order valence-corrected chi connectivity index (χ1v) is 7.39. The van der Waals surface area contributed by atoms with E-state index in [2.05, 4.69) is 41.2 Å². The summed E-state index contributed by atoms with van der Waals surface area (Å²) in [5, 5.41) is 3.63. The molecule has 2 rings (SSSR count).